The fourth-order valence-corrected chi connectivity index (χ4v) is 6.88. The number of nitrogens with one attached hydrogen (secondary N) is 1. The van der Waals surface area contributed by atoms with Crippen LogP contribution in [-0.4, -0.2) is 70.0 Å². The minimum absolute atomic E-state index is 0.00757. The summed E-state index contributed by atoms with van der Waals surface area (Å²) in [7, 11) is -5.48. The molecule has 0 bridgehead atoms. The molecule has 0 saturated carbocycles. The summed E-state index contributed by atoms with van der Waals surface area (Å²) in [4.78, 5) is 11.9. The van der Waals surface area contributed by atoms with Crippen LogP contribution in [-0.2, 0) is 24.8 Å². The molecule has 1 heterocycles. The number of sulfonamides is 2. The summed E-state index contributed by atoms with van der Waals surface area (Å²) >= 11 is 0. The van der Waals surface area contributed by atoms with Gasteiger partial charge in [0.25, 0.3) is 0 Å². The molecule has 3 rings (SSSR count). The van der Waals surface area contributed by atoms with Crippen LogP contribution in [0.2, 0.25) is 0 Å². The molecule has 1 aliphatic heterocycles. The van der Waals surface area contributed by atoms with Gasteiger partial charge in [-0.3, -0.25) is 10.0 Å². The smallest absolute Gasteiger partial charge is 0.246 e. The molecule has 1 saturated heterocycles. The first-order valence-electron chi connectivity index (χ1n) is 9.90. The minimum atomic E-state index is -4.19. The molecule has 0 aromatic heterocycles. The SMILES string of the molecule is COc1ccc(S(=O)(=O)N2CCCN(S(=O)(=O)c3ccc(OC)cc3)C2CC(=O)NO)cc1. The summed E-state index contributed by atoms with van der Waals surface area (Å²) in [6.45, 7) is -0.0151. The number of nitrogens with zero attached hydrogens (tertiary/aromatic N) is 2. The average molecular weight is 500 g/mol. The zero-order valence-corrected chi connectivity index (χ0v) is 19.7. The third kappa shape index (κ3) is 5.12. The van der Waals surface area contributed by atoms with E-state index in [9.17, 15) is 21.6 Å². The Bertz CT molecular complexity index is 1100. The normalized spacial score (nSPS) is 16.3. The van der Waals surface area contributed by atoms with Crippen molar-refractivity contribution in [2.75, 3.05) is 27.3 Å². The van der Waals surface area contributed by atoms with Crippen LogP contribution in [0.5, 0.6) is 11.5 Å². The minimum Gasteiger partial charge on any atom is -0.497 e. The molecule has 1 aliphatic rings. The summed E-state index contributed by atoms with van der Waals surface area (Å²) in [5.41, 5.74) is 1.45. The molecule has 0 atom stereocenters. The van der Waals surface area contributed by atoms with Crippen LogP contribution in [0.3, 0.4) is 0 Å². The summed E-state index contributed by atoms with van der Waals surface area (Å²) in [5.74, 6) is -0.0215. The molecule has 0 radical (unpaired) electrons. The molecule has 1 amide bonds. The van der Waals surface area contributed by atoms with E-state index in [0.717, 1.165) is 8.61 Å². The van der Waals surface area contributed by atoms with E-state index in [2.05, 4.69) is 0 Å². The number of hydroxylamine groups is 1. The topological polar surface area (TPSA) is 143 Å². The van der Waals surface area contributed by atoms with E-state index in [4.69, 9.17) is 14.7 Å². The van der Waals surface area contributed by atoms with Crippen molar-refractivity contribution in [1.82, 2.24) is 14.1 Å². The van der Waals surface area contributed by atoms with Crippen LogP contribution < -0.4 is 15.0 Å². The number of methoxy groups -OCH3 is 2. The van der Waals surface area contributed by atoms with Crippen molar-refractivity contribution in [3.05, 3.63) is 48.5 Å². The van der Waals surface area contributed by atoms with E-state index in [1.165, 1.54) is 68.2 Å². The van der Waals surface area contributed by atoms with Crippen molar-refractivity contribution < 1.29 is 36.3 Å². The quantitative estimate of drug-likeness (QED) is 0.405. The van der Waals surface area contributed by atoms with Crippen LogP contribution in [0.1, 0.15) is 12.8 Å². The molecule has 0 unspecified atom stereocenters. The highest BCUT2D eigenvalue weighted by Crippen LogP contribution is 2.31. The Morgan fingerprint density at radius 1 is 0.879 bits per heavy atom. The van der Waals surface area contributed by atoms with E-state index in [1.807, 2.05) is 0 Å². The predicted molar refractivity (Wildman–Crippen MR) is 117 cm³/mol. The lowest BCUT2D eigenvalue weighted by molar-refractivity contribution is -0.131. The van der Waals surface area contributed by atoms with Gasteiger partial charge in [-0.15, -0.1) is 0 Å². The van der Waals surface area contributed by atoms with Crippen molar-refractivity contribution in [3.8, 4) is 11.5 Å². The lowest BCUT2D eigenvalue weighted by atomic mass is 10.2. The lowest BCUT2D eigenvalue weighted by Gasteiger charge is -2.41. The molecule has 0 spiro atoms. The summed E-state index contributed by atoms with van der Waals surface area (Å²) < 4.78 is 65.7. The monoisotopic (exact) mass is 499 g/mol. The van der Waals surface area contributed by atoms with Crippen molar-refractivity contribution in [2.45, 2.75) is 28.8 Å². The number of benzene rings is 2. The van der Waals surface area contributed by atoms with E-state index >= 15 is 0 Å². The van der Waals surface area contributed by atoms with E-state index < -0.39 is 38.5 Å². The zero-order chi connectivity index (χ0) is 24.2. The highest BCUT2D eigenvalue weighted by atomic mass is 32.2. The van der Waals surface area contributed by atoms with Crippen molar-refractivity contribution in [2.24, 2.45) is 0 Å². The molecule has 2 aromatic rings. The van der Waals surface area contributed by atoms with Gasteiger partial charge in [0.05, 0.1) is 30.4 Å². The Kier molecular flexibility index (Phi) is 7.59. The average Bonchev–Trinajstić information content (AvgIpc) is 2.83. The second-order valence-corrected chi connectivity index (χ2v) is 10.9. The first-order valence-corrected chi connectivity index (χ1v) is 12.8. The molecule has 13 heteroatoms. The maximum Gasteiger partial charge on any atom is 0.246 e. The van der Waals surface area contributed by atoms with Crippen LogP contribution in [0.4, 0.5) is 0 Å². The molecular weight excluding hydrogens is 474 g/mol. The fraction of sp³-hybridized carbons (Fsp3) is 0.350. The number of carbonyl (C=O) groups is 1. The van der Waals surface area contributed by atoms with Gasteiger partial charge < -0.3 is 9.47 Å². The van der Waals surface area contributed by atoms with Gasteiger partial charge in [0.15, 0.2) is 0 Å². The highest BCUT2D eigenvalue weighted by Gasteiger charge is 2.44. The number of amides is 1. The van der Waals surface area contributed by atoms with E-state index in [1.54, 1.807) is 0 Å². The zero-order valence-electron chi connectivity index (χ0n) is 18.0. The maximum atomic E-state index is 13.4. The van der Waals surface area contributed by atoms with E-state index in [0.29, 0.717) is 11.5 Å². The highest BCUT2D eigenvalue weighted by molar-refractivity contribution is 7.90. The van der Waals surface area contributed by atoms with Gasteiger partial charge >= 0.3 is 0 Å². The fourth-order valence-electron chi connectivity index (χ4n) is 3.57. The largest absolute Gasteiger partial charge is 0.497 e. The van der Waals surface area contributed by atoms with Crippen molar-refractivity contribution in [3.63, 3.8) is 0 Å². The Morgan fingerprint density at radius 2 is 1.27 bits per heavy atom. The first-order chi connectivity index (χ1) is 15.6. The van der Waals surface area contributed by atoms with Crippen molar-refractivity contribution >= 4 is 26.0 Å². The molecule has 2 N–H and O–H groups in total. The number of carbonyl (C=O) groups excluding carboxylic acids is 1. The molecule has 180 valence electrons. The Morgan fingerprint density at radius 3 is 1.61 bits per heavy atom. The summed E-state index contributed by atoms with van der Waals surface area (Å²) in [6, 6.07) is 11.2. The van der Waals surface area contributed by atoms with E-state index in [-0.39, 0.29) is 29.3 Å². The third-order valence-electron chi connectivity index (χ3n) is 5.25. The first kappa shape index (κ1) is 24.9. The van der Waals surface area contributed by atoms with Gasteiger partial charge in [-0.25, -0.2) is 22.3 Å². The second-order valence-electron chi connectivity index (χ2n) is 7.16. The summed E-state index contributed by atoms with van der Waals surface area (Å²) in [6.07, 6.45) is -1.77. The van der Waals surface area contributed by atoms with Gasteiger partial charge in [0.1, 0.15) is 17.7 Å². The van der Waals surface area contributed by atoms with Gasteiger partial charge in [0, 0.05) is 13.1 Å². The second kappa shape index (κ2) is 10.1. The van der Waals surface area contributed by atoms with Gasteiger partial charge in [-0.05, 0) is 55.0 Å². The molecule has 2 aromatic carbocycles. The number of hydrogen-bond acceptors (Lipinski definition) is 8. The molecule has 11 nitrogen and oxygen atoms in total. The van der Waals surface area contributed by atoms with Crippen LogP contribution in [0.25, 0.3) is 0 Å². The van der Waals surface area contributed by atoms with Crippen molar-refractivity contribution in [1.29, 1.82) is 0 Å². The molecule has 1 fully saturated rings. The van der Waals surface area contributed by atoms with Crippen LogP contribution in [0, 0.1) is 0 Å². The van der Waals surface area contributed by atoms with Gasteiger partial charge in [-0.2, -0.15) is 8.61 Å². The maximum absolute atomic E-state index is 13.4. The van der Waals surface area contributed by atoms with Crippen LogP contribution >= 0.6 is 0 Å². The summed E-state index contributed by atoms with van der Waals surface area (Å²) in [5, 5.41) is 9.03. The van der Waals surface area contributed by atoms with Gasteiger partial charge in [0.2, 0.25) is 26.0 Å². The standard InChI is InChI=1S/C20H25N3O8S2/c1-30-15-4-8-17(9-5-15)32(26,27)22-12-3-13-23(20(22)14-19(24)21-25)33(28,29)18-10-6-16(31-2)7-11-18/h4-11,20,25H,3,12-14H2,1-2H3,(H,21,24). The number of rotatable bonds is 8. The lowest BCUT2D eigenvalue weighted by Crippen LogP contribution is -2.58. The Hall–Kier alpha value is -2.71. The molecule has 33 heavy (non-hydrogen) atoms. The molecule has 0 aliphatic carbocycles. The number of ether oxygens (including phenoxy) is 2. The Labute approximate surface area is 192 Å². The Balaban J connectivity index is 2.04. The molecular formula is C20H25N3O8S2. The van der Waals surface area contributed by atoms with Crippen LogP contribution in [0.15, 0.2) is 58.3 Å². The van der Waals surface area contributed by atoms with Gasteiger partial charge in [-0.1, -0.05) is 0 Å². The third-order valence-corrected chi connectivity index (χ3v) is 9.07. The predicted octanol–water partition coefficient (Wildman–Crippen LogP) is 1.01. The number of hydrogen-bond donors (Lipinski definition) is 2.